The SMILES string of the molecule is CC(C)(c1ccsc1)c1nnc(CC2CC2)n1C1CC1. The molecule has 4 heteroatoms. The molecule has 0 atom stereocenters. The summed E-state index contributed by atoms with van der Waals surface area (Å²) >= 11 is 1.76. The lowest BCUT2D eigenvalue weighted by Crippen LogP contribution is -2.24. The summed E-state index contributed by atoms with van der Waals surface area (Å²) < 4.78 is 2.47. The fourth-order valence-electron chi connectivity index (χ4n) is 2.93. The summed E-state index contributed by atoms with van der Waals surface area (Å²) in [6.45, 7) is 4.55. The molecule has 0 bridgehead atoms. The summed E-state index contributed by atoms with van der Waals surface area (Å²) in [6.07, 6.45) is 6.47. The molecule has 0 radical (unpaired) electrons. The molecule has 3 nitrogen and oxygen atoms in total. The van der Waals surface area contributed by atoms with E-state index in [1.165, 1.54) is 37.1 Å². The molecule has 2 aromatic rings. The highest BCUT2D eigenvalue weighted by molar-refractivity contribution is 7.08. The molecule has 106 valence electrons. The van der Waals surface area contributed by atoms with Crippen LogP contribution in [0.5, 0.6) is 0 Å². The predicted octanol–water partition coefficient (Wildman–Crippen LogP) is 3.95. The second-order valence-electron chi connectivity index (χ2n) is 6.83. The number of hydrogen-bond acceptors (Lipinski definition) is 3. The Hall–Kier alpha value is -1.16. The summed E-state index contributed by atoms with van der Waals surface area (Å²) in [5.41, 5.74) is 1.31. The minimum absolute atomic E-state index is 0.0443. The van der Waals surface area contributed by atoms with Crippen molar-refractivity contribution in [2.45, 2.75) is 57.4 Å². The molecule has 0 amide bonds. The Morgan fingerprint density at radius 2 is 2.05 bits per heavy atom. The fourth-order valence-corrected chi connectivity index (χ4v) is 3.76. The third-order valence-electron chi connectivity index (χ3n) is 4.65. The molecule has 2 fully saturated rings. The topological polar surface area (TPSA) is 30.7 Å². The average Bonchev–Trinajstić information content (AvgIpc) is 3.32. The minimum atomic E-state index is -0.0443. The second-order valence-corrected chi connectivity index (χ2v) is 7.61. The molecule has 0 aliphatic heterocycles. The highest BCUT2D eigenvalue weighted by atomic mass is 32.1. The maximum atomic E-state index is 4.60. The molecule has 0 saturated heterocycles. The van der Waals surface area contributed by atoms with E-state index in [0.29, 0.717) is 6.04 Å². The zero-order valence-corrected chi connectivity index (χ0v) is 13.0. The van der Waals surface area contributed by atoms with E-state index in [9.17, 15) is 0 Å². The number of rotatable bonds is 5. The molecule has 0 unspecified atom stereocenters. The van der Waals surface area contributed by atoms with E-state index >= 15 is 0 Å². The molecule has 2 aliphatic rings. The molecular formula is C16H21N3S. The Balaban J connectivity index is 1.75. The summed E-state index contributed by atoms with van der Waals surface area (Å²) in [7, 11) is 0. The van der Waals surface area contributed by atoms with Gasteiger partial charge in [0.15, 0.2) is 0 Å². The summed E-state index contributed by atoms with van der Waals surface area (Å²) in [5, 5.41) is 13.5. The molecule has 2 aliphatic carbocycles. The highest BCUT2D eigenvalue weighted by Gasteiger charge is 2.37. The highest BCUT2D eigenvalue weighted by Crippen LogP contribution is 2.42. The van der Waals surface area contributed by atoms with Crippen LogP contribution in [0.3, 0.4) is 0 Å². The summed E-state index contributed by atoms with van der Waals surface area (Å²) in [5.74, 6) is 3.26. The first-order valence-electron chi connectivity index (χ1n) is 7.63. The number of nitrogens with zero attached hydrogens (tertiary/aromatic N) is 3. The van der Waals surface area contributed by atoms with E-state index in [1.54, 1.807) is 11.3 Å². The Bertz CT molecular complexity index is 604. The van der Waals surface area contributed by atoms with Crippen molar-refractivity contribution >= 4 is 11.3 Å². The van der Waals surface area contributed by atoms with Crippen molar-refractivity contribution in [2.75, 3.05) is 0 Å². The largest absolute Gasteiger partial charge is 0.311 e. The van der Waals surface area contributed by atoms with Crippen molar-refractivity contribution in [2.24, 2.45) is 5.92 Å². The van der Waals surface area contributed by atoms with Crippen LogP contribution in [0.2, 0.25) is 0 Å². The van der Waals surface area contributed by atoms with Crippen LogP contribution in [0.1, 0.15) is 62.8 Å². The quantitative estimate of drug-likeness (QED) is 0.833. The van der Waals surface area contributed by atoms with Gasteiger partial charge in [0, 0.05) is 12.5 Å². The van der Waals surface area contributed by atoms with Crippen LogP contribution in [-0.4, -0.2) is 14.8 Å². The lowest BCUT2D eigenvalue weighted by atomic mass is 9.85. The molecule has 0 N–H and O–H groups in total. The Labute approximate surface area is 124 Å². The van der Waals surface area contributed by atoms with Gasteiger partial charge in [-0.05, 0) is 67.8 Å². The Morgan fingerprint density at radius 3 is 2.65 bits per heavy atom. The maximum absolute atomic E-state index is 4.60. The van der Waals surface area contributed by atoms with Crippen LogP contribution in [-0.2, 0) is 11.8 Å². The van der Waals surface area contributed by atoms with Crippen LogP contribution in [0.15, 0.2) is 16.8 Å². The molecular weight excluding hydrogens is 266 g/mol. The number of hydrogen-bond donors (Lipinski definition) is 0. The third kappa shape index (κ3) is 2.10. The first kappa shape index (κ1) is 12.6. The molecule has 0 spiro atoms. The standard InChI is InChI=1S/C16H21N3S/c1-16(2,12-7-8-20-10-12)15-18-17-14(9-11-3-4-11)19(15)13-5-6-13/h7-8,10-11,13H,3-6,9H2,1-2H3. The maximum Gasteiger partial charge on any atom is 0.143 e. The van der Waals surface area contributed by atoms with Crippen LogP contribution in [0.4, 0.5) is 0 Å². The van der Waals surface area contributed by atoms with Crippen molar-refractivity contribution in [1.29, 1.82) is 0 Å². The van der Waals surface area contributed by atoms with Gasteiger partial charge in [-0.15, -0.1) is 10.2 Å². The summed E-state index contributed by atoms with van der Waals surface area (Å²) in [6, 6.07) is 2.88. The van der Waals surface area contributed by atoms with E-state index in [2.05, 4.69) is 45.4 Å². The normalized spacial score (nSPS) is 19.5. The van der Waals surface area contributed by atoms with Gasteiger partial charge in [-0.3, -0.25) is 0 Å². The second kappa shape index (κ2) is 4.42. The van der Waals surface area contributed by atoms with Crippen molar-refractivity contribution < 1.29 is 0 Å². The third-order valence-corrected chi connectivity index (χ3v) is 5.33. The van der Waals surface area contributed by atoms with Gasteiger partial charge in [0.05, 0.1) is 5.41 Å². The van der Waals surface area contributed by atoms with Crippen LogP contribution in [0.25, 0.3) is 0 Å². The molecule has 2 saturated carbocycles. The Kier molecular flexibility index (Phi) is 2.78. The van der Waals surface area contributed by atoms with Gasteiger partial charge in [0.25, 0.3) is 0 Å². The molecule has 0 aromatic carbocycles. The van der Waals surface area contributed by atoms with Gasteiger partial charge in [0.2, 0.25) is 0 Å². The predicted molar refractivity (Wildman–Crippen MR) is 81.2 cm³/mol. The van der Waals surface area contributed by atoms with E-state index in [0.717, 1.165) is 18.2 Å². The van der Waals surface area contributed by atoms with E-state index in [1.807, 2.05) is 0 Å². The van der Waals surface area contributed by atoms with Gasteiger partial charge in [0.1, 0.15) is 11.6 Å². The van der Waals surface area contributed by atoms with Gasteiger partial charge < -0.3 is 4.57 Å². The average molecular weight is 287 g/mol. The first-order valence-corrected chi connectivity index (χ1v) is 8.57. The number of thiophene rings is 1. The van der Waals surface area contributed by atoms with Gasteiger partial charge in [-0.1, -0.05) is 0 Å². The number of aromatic nitrogens is 3. The lowest BCUT2D eigenvalue weighted by molar-refractivity contribution is 0.524. The van der Waals surface area contributed by atoms with Crippen LogP contribution >= 0.6 is 11.3 Å². The van der Waals surface area contributed by atoms with E-state index in [-0.39, 0.29) is 5.41 Å². The lowest BCUT2D eigenvalue weighted by Gasteiger charge is -2.24. The monoisotopic (exact) mass is 287 g/mol. The molecule has 4 rings (SSSR count). The zero-order valence-electron chi connectivity index (χ0n) is 12.2. The smallest absolute Gasteiger partial charge is 0.143 e. The van der Waals surface area contributed by atoms with Crippen molar-refractivity contribution in [1.82, 2.24) is 14.8 Å². The van der Waals surface area contributed by atoms with Crippen molar-refractivity contribution in [3.63, 3.8) is 0 Å². The molecule has 2 aromatic heterocycles. The van der Waals surface area contributed by atoms with Crippen LogP contribution < -0.4 is 0 Å². The molecule has 2 heterocycles. The van der Waals surface area contributed by atoms with Gasteiger partial charge >= 0.3 is 0 Å². The minimum Gasteiger partial charge on any atom is -0.311 e. The van der Waals surface area contributed by atoms with Crippen molar-refractivity contribution in [3.05, 3.63) is 34.0 Å². The molecule has 20 heavy (non-hydrogen) atoms. The summed E-state index contributed by atoms with van der Waals surface area (Å²) in [4.78, 5) is 0. The zero-order chi connectivity index (χ0) is 13.7. The van der Waals surface area contributed by atoms with E-state index in [4.69, 9.17) is 0 Å². The Morgan fingerprint density at radius 1 is 1.25 bits per heavy atom. The van der Waals surface area contributed by atoms with Gasteiger partial charge in [-0.2, -0.15) is 11.3 Å². The van der Waals surface area contributed by atoms with E-state index < -0.39 is 0 Å². The van der Waals surface area contributed by atoms with Crippen LogP contribution in [0, 0.1) is 5.92 Å². The van der Waals surface area contributed by atoms with Crippen molar-refractivity contribution in [3.8, 4) is 0 Å². The fraction of sp³-hybridized carbons (Fsp3) is 0.625. The first-order chi connectivity index (χ1) is 9.66. The van der Waals surface area contributed by atoms with Gasteiger partial charge in [-0.25, -0.2) is 0 Å².